The van der Waals surface area contributed by atoms with Crippen molar-refractivity contribution in [2.75, 3.05) is 12.0 Å². The molecule has 1 aliphatic rings. The van der Waals surface area contributed by atoms with E-state index in [4.69, 9.17) is 4.74 Å². The third-order valence-corrected chi connectivity index (χ3v) is 7.70. The van der Waals surface area contributed by atoms with E-state index in [0.717, 1.165) is 46.7 Å². The van der Waals surface area contributed by atoms with Gasteiger partial charge in [0, 0.05) is 6.04 Å². The summed E-state index contributed by atoms with van der Waals surface area (Å²) in [6, 6.07) is 12.5. The third-order valence-electron chi connectivity index (χ3n) is 6.83. The Morgan fingerprint density at radius 3 is 2.70 bits per heavy atom. The van der Waals surface area contributed by atoms with Gasteiger partial charge in [0.05, 0.1) is 17.7 Å². The molecule has 0 bridgehead atoms. The van der Waals surface area contributed by atoms with Crippen LogP contribution in [0.2, 0.25) is 0 Å². The number of benzene rings is 2. The minimum atomic E-state index is -1.28. The molecular weight excluding hydrogens is 535 g/mol. The van der Waals surface area contributed by atoms with Crippen molar-refractivity contribution in [3.8, 4) is 22.2 Å². The van der Waals surface area contributed by atoms with Crippen molar-refractivity contribution in [3.05, 3.63) is 71.4 Å². The molecule has 0 radical (unpaired) electrons. The fourth-order valence-corrected chi connectivity index (χ4v) is 5.53. The van der Waals surface area contributed by atoms with E-state index in [2.05, 4.69) is 20.7 Å². The van der Waals surface area contributed by atoms with E-state index >= 15 is 4.39 Å². The molecule has 2 aromatic heterocycles. The number of tetrazole rings is 1. The highest BCUT2D eigenvalue weighted by atomic mass is 32.1. The van der Waals surface area contributed by atoms with Crippen LogP contribution in [0.5, 0.6) is 11.5 Å². The summed E-state index contributed by atoms with van der Waals surface area (Å²) in [5, 5.41) is 27.5. The number of amides is 2. The molecule has 4 aromatic rings. The molecule has 1 fully saturated rings. The molecular formula is C28H29FN6O4S. The van der Waals surface area contributed by atoms with Crippen molar-refractivity contribution in [1.29, 1.82) is 0 Å². The molecule has 208 valence electrons. The minimum absolute atomic E-state index is 0.0642. The van der Waals surface area contributed by atoms with E-state index in [0.29, 0.717) is 11.4 Å². The number of hydrogen-bond acceptors (Lipinski definition) is 8. The minimum Gasteiger partial charge on any atom is -0.504 e. The maximum atomic E-state index is 15.3. The predicted octanol–water partition coefficient (Wildman–Crippen LogP) is 4.48. The van der Waals surface area contributed by atoms with Crippen LogP contribution in [-0.4, -0.2) is 50.3 Å². The van der Waals surface area contributed by atoms with E-state index in [1.165, 1.54) is 54.8 Å². The van der Waals surface area contributed by atoms with Gasteiger partial charge in [-0.2, -0.15) is 4.80 Å². The van der Waals surface area contributed by atoms with Gasteiger partial charge in [0.25, 0.3) is 5.91 Å². The molecule has 1 aliphatic carbocycles. The lowest BCUT2D eigenvalue weighted by molar-refractivity contribution is -0.127. The van der Waals surface area contributed by atoms with Gasteiger partial charge < -0.3 is 15.2 Å². The summed E-state index contributed by atoms with van der Waals surface area (Å²) in [7, 11) is 1.39. The van der Waals surface area contributed by atoms with Crippen LogP contribution in [0.15, 0.2) is 60.0 Å². The highest BCUT2D eigenvalue weighted by molar-refractivity contribution is 7.13. The average Bonchev–Trinajstić information content (AvgIpc) is 3.66. The SMILES string of the molecule is COc1cc([C@@H](C(=O)NC2CCCCC2)N(C(=O)Cn2nnc(-c3cccs3)n2)c2ccccc2F)ccc1O. The number of rotatable bonds is 9. The first-order chi connectivity index (χ1) is 19.4. The summed E-state index contributed by atoms with van der Waals surface area (Å²) < 4.78 is 20.6. The van der Waals surface area contributed by atoms with E-state index in [9.17, 15) is 14.7 Å². The Bertz CT molecular complexity index is 1470. The van der Waals surface area contributed by atoms with Crippen molar-refractivity contribution < 1.29 is 23.8 Å². The fourth-order valence-electron chi connectivity index (χ4n) is 4.89. The Morgan fingerprint density at radius 1 is 1.18 bits per heavy atom. The van der Waals surface area contributed by atoms with Gasteiger partial charge in [-0.25, -0.2) is 4.39 Å². The summed E-state index contributed by atoms with van der Waals surface area (Å²) in [6.07, 6.45) is 4.72. The van der Waals surface area contributed by atoms with Crippen molar-refractivity contribution in [2.24, 2.45) is 0 Å². The van der Waals surface area contributed by atoms with Crippen LogP contribution in [-0.2, 0) is 16.1 Å². The molecule has 0 spiro atoms. The van der Waals surface area contributed by atoms with Crippen molar-refractivity contribution in [2.45, 2.75) is 50.7 Å². The number of phenolic OH excluding ortho intramolecular Hbond substituents is 1. The standard InChI is InChI=1S/C28H29FN6O4S/c1-39-23-16-18(13-14-22(23)36)26(28(38)30-19-8-3-2-4-9-19)35(21-11-6-5-10-20(21)29)25(37)17-34-32-27(31-33-34)24-12-7-15-40-24/h5-7,10-16,19,26,36H,2-4,8-9,17H2,1H3,(H,30,38)/t26-/m0/s1. The lowest BCUT2D eigenvalue weighted by atomic mass is 9.94. The molecule has 1 atom stereocenters. The zero-order valence-electron chi connectivity index (χ0n) is 21.9. The molecule has 5 rings (SSSR count). The largest absolute Gasteiger partial charge is 0.504 e. The van der Waals surface area contributed by atoms with Gasteiger partial charge >= 0.3 is 0 Å². The topological polar surface area (TPSA) is 122 Å². The molecule has 2 amide bonds. The Balaban J connectivity index is 1.55. The van der Waals surface area contributed by atoms with Crippen LogP contribution in [0.4, 0.5) is 10.1 Å². The van der Waals surface area contributed by atoms with Gasteiger partial charge in [-0.1, -0.05) is 43.5 Å². The zero-order chi connectivity index (χ0) is 28.1. The lowest BCUT2D eigenvalue weighted by Gasteiger charge is -2.33. The van der Waals surface area contributed by atoms with Crippen molar-refractivity contribution in [3.63, 3.8) is 0 Å². The quantitative estimate of drug-likeness (QED) is 0.307. The first kappa shape index (κ1) is 27.3. The maximum Gasteiger partial charge on any atom is 0.251 e. The number of methoxy groups -OCH3 is 1. The number of halogens is 1. The molecule has 0 aliphatic heterocycles. The van der Waals surface area contributed by atoms with Crippen LogP contribution in [0, 0.1) is 5.82 Å². The monoisotopic (exact) mass is 564 g/mol. The zero-order valence-corrected chi connectivity index (χ0v) is 22.7. The van der Waals surface area contributed by atoms with E-state index in [1.54, 1.807) is 6.07 Å². The number of para-hydroxylation sites is 1. The Kier molecular flexibility index (Phi) is 8.34. The van der Waals surface area contributed by atoms with Crippen LogP contribution in [0.3, 0.4) is 0 Å². The highest BCUT2D eigenvalue weighted by Gasteiger charge is 2.36. The number of carbonyl (C=O) groups excluding carboxylic acids is 2. The van der Waals surface area contributed by atoms with Gasteiger partial charge in [0.2, 0.25) is 11.7 Å². The molecule has 2 heterocycles. The summed E-state index contributed by atoms with van der Waals surface area (Å²) in [4.78, 5) is 31.0. The average molecular weight is 565 g/mol. The normalized spacial score (nSPS) is 14.4. The second-order valence-corrected chi connectivity index (χ2v) is 10.5. The van der Waals surface area contributed by atoms with Crippen LogP contribution in [0.25, 0.3) is 10.7 Å². The van der Waals surface area contributed by atoms with Crippen LogP contribution in [0.1, 0.15) is 43.7 Å². The number of aromatic nitrogens is 4. The molecule has 10 nitrogen and oxygen atoms in total. The number of phenols is 1. The number of hydrogen-bond donors (Lipinski definition) is 2. The number of carbonyl (C=O) groups is 2. The van der Waals surface area contributed by atoms with E-state index in [1.807, 2.05) is 17.5 Å². The smallest absolute Gasteiger partial charge is 0.251 e. The van der Waals surface area contributed by atoms with Gasteiger partial charge in [-0.3, -0.25) is 14.5 Å². The maximum absolute atomic E-state index is 15.3. The molecule has 2 N–H and O–H groups in total. The number of thiophene rings is 1. The van der Waals surface area contributed by atoms with Crippen molar-refractivity contribution >= 4 is 28.8 Å². The summed E-state index contributed by atoms with van der Waals surface area (Å²) in [6.45, 7) is -0.394. The fraction of sp³-hybridized carbons (Fsp3) is 0.321. The molecule has 40 heavy (non-hydrogen) atoms. The molecule has 12 heteroatoms. The molecule has 2 aromatic carbocycles. The molecule has 0 saturated heterocycles. The Morgan fingerprint density at radius 2 is 1.98 bits per heavy atom. The number of nitrogens with one attached hydrogen (secondary N) is 1. The van der Waals surface area contributed by atoms with Gasteiger partial charge in [-0.05, 0) is 59.3 Å². The second-order valence-electron chi connectivity index (χ2n) is 9.51. The Labute approximate surface area is 234 Å². The summed E-state index contributed by atoms with van der Waals surface area (Å²) >= 11 is 1.43. The third kappa shape index (κ3) is 5.96. The first-order valence-electron chi connectivity index (χ1n) is 13.0. The van der Waals surface area contributed by atoms with Gasteiger partial charge in [0.15, 0.2) is 11.5 Å². The molecule has 0 unspecified atom stereocenters. The van der Waals surface area contributed by atoms with Gasteiger partial charge in [-0.15, -0.1) is 21.5 Å². The number of ether oxygens (including phenoxy) is 1. The van der Waals surface area contributed by atoms with E-state index in [-0.39, 0.29) is 23.2 Å². The second kappa shape index (κ2) is 12.2. The number of nitrogens with zero attached hydrogens (tertiary/aromatic N) is 5. The number of anilines is 1. The van der Waals surface area contributed by atoms with Gasteiger partial charge in [0.1, 0.15) is 18.4 Å². The lowest BCUT2D eigenvalue weighted by Crippen LogP contribution is -2.48. The number of aromatic hydroxyl groups is 1. The Hall–Kier alpha value is -4.32. The van der Waals surface area contributed by atoms with Crippen LogP contribution >= 0.6 is 11.3 Å². The predicted molar refractivity (Wildman–Crippen MR) is 147 cm³/mol. The van der Waals surface area contributed by atoms with E-state index < -0.39 is 30.2 Å². The van der Waals surface area contributed by atoms with Crippen molar-refractivity contribution in [1.82, 2.24) is 25.5 Å². The summed E-state index contributed by atoms with van der Waals surface area (Å²) in [5.74, 6) is -1.43. The highest BCUT2D eigenvalue weighted by Crippen LogP contribution is 2.35. The first-order valence-corrected chi connectivity index (χ1v) is 13.9. The summed E-state index contributed by atoms with van der Waals surface area (Å²) in [5.41, 5.74) is 0.257. The molecule has 1 saturated carbocycles. The van der Waals surface area contributed by atoms with Crippen LogP contribution < -0.4 is 15.0 Å².